The first-order chi connectivity index (χ1) is 10.6. The lowest BCUT2D eigenvalue weighted by Gasteiger charge is -2.51. The van der Waals surface area contributed by atoms with Gasteiger partial charge in [0.05, 0.1) is 11.8 Å². The number of carbonyl (C=O) groups is 2. The molecule has 0 aromatic heterocycles. The molecule has 4 aliphatic rings. The highest BCUT2D eigenvalue weighted by Crippen LogP contribution is 2.63. The highest BCUT2D eigenvalue weighted by Gasteiger charge is 2.65. The largest absolute Gasteiger partial charge is 0.393 e. The average molecular weight is 290 g/mol. The number of esters is 2. The van der Waals surface area contributed by atoms with Crippen LogP contribution < -0.4 is 0 Å². The molecule has 108 valence electrons. The molecule has 1 heterocycles. The van der Waals surface area contributed by atoms with Gasteiger partial charge in [-0.05, 0) is 22.3 Å². The van der Waals surface area contributed by atoms with E-state index in [4.69, 9.17) is 4.74 Å². The van der Waals surface area contributed by atoms with Gasteiger partial charge in [0.15, 0.2) is 0 Å². The summed E-state index contributed by atoms with van der Waals surface area (Å²) in [6.45, 7) is 2.08. The molecule has 2 aromatic rings. The van der Waals surface area contributed by atoms with Gasteiger partial charge in [-0.1, -0.05) is 55.5 Å². The molecule has 1 aliphatic heterocycles. The van der Waals surface area contributed by atoms with Crippen LogP contribution in [0, 0.1) is 11.8 Å². The van der Waals surface area contributed by atoms with E-state index in [2.05, 4.69) is 31.2 Å². The minimum Gasteiger partial charge on any atom is -0.393 e. The molecule has 3 aliphatic carbocycles. The van der Waals surface area contributed by atoms with E-state index < -0.39 is 11.3 Å². The Morgan fingerprint density at radius 1 is 0.864 bits per heavy atom. The number of carbonyl (C=O) groups excluding carboxylic acids is 2. The Hall–Kier alpha value is -2.42. The number of benzene rings is 2. The maximum absolute atomic E-state index is 12.4. The number of rotatable bonds is 0. The summed E-state index contributed by atoms with van der Waals surface area (Å²) in [6.07, 6.45) is 0. The van der Waals surface area contributed by atoms with Crippen molar-refractivity contribution in [3.63, 3.8) is 0 Å². The molecule has 22 heavy (non-hydrogen) atoms. The molecule has 0 radical (unpaired) electrons. The zero-order valence-electron chi connectivity index (χ0n) is 12.1. The number of hydrogen-bond acceptors (Lipinski definition) is 3. The first-order valence-electron chi connectivity index (χ1n) is 7.58. The van der Waals surface area contributed by atoms with Gasteiger partial charge in [-0.25, -0.2) is 0 Å². The van der Waals surface area contributed by atoms with E-state index in [-0.39, 0.29) is 23.8 Å². The molecule has 0 N–H and O–H groups in total. The molecule has 2 bridgehead atoms. The molecule has 3 heteroatoms. The molecule has 2 aromatic carbocycles. The second kappa shape index (κ2) is 3.67. The zero-order chi connectivity index (χ0) is 15.1. The summed E-state index contributed by atoms with van der Waals surface area (Å²) in [5.41, 5.74) is 4.15. The van der Waals surface area contributed by atoms with Gasteiger partial charge >= 0.3 is 11.9 Å². The van der Waals surface area contributed by atoms with Crippen LogP contribution in [0.15, 0.2) is 48.5 Å². The Labute approximate surface area is 127 Å². The standard InChI is InChI=1S/C19H14O3/c1-19-12-8-4-2-6-10(12)14(11-7-3-5-9-13(11)19)15-16(19)18(21)22-17(15)20/h2-9,14-16H,1H3/t14?,15-,16-,19?/m1/s1. The highest BCUT2D eigenvalue weighted by molar-refractivity contribution is 6.00. The Bertz CT molecular complexity index is 804. The first-order valence-corrected chi connectivity index (χ1v) is 7.58. The smallest absolute Gasteiger partial charge is 0.318 e. The van der Waals surface area contributed by atoms with Crippen LogP contribution in [0.25, 0.3) is 0 Å². The third kappa shape index (κ3) is 1.12. The summed E-state index contributed by atoms with van der Waals surface area (Å²) in [6, 6.07) is 16.4. The summed E-state index contributed by atoms with van der Waals surface area (Å²) in [5.74, 6) is -1.60. The number of hydrogen-bond donors (Lipinski definition) is 0. The van der Waals surface area contributed by atoms with Crippen molar-refractivity contribution >= 4 is 11.9 Å². The molecule has 2 atom stereocenters. The topological polar surface area (TPSA) is 43.4 Å². The van der Waals surface area contributed by atoms with Gasteiger partial charge in [0.2, 0.25) is 0 Å². The van der Waals surface area contributed by atoms with Crippen LogP contribution in [0.3, 0.4) is 0 Å². The lowest BCUT2D eigenvalue weighted by atomic mass is 9.48. The van der Waals surface area contributed by atoms with Gasteiger partial charge in [0.25, 0.3) is 0 Å². The Morgan fingerprint density at radius 3 is 2.00 bits per heavy atom. The van der Waals surface area contributed by atoms with Crippen molar-refractivity contribution in [3.8, 4) is 0 Å². The van der Waals surface area contributed by atoms with Crippen LogP contribution in [-0.4, -0.2) is 11.9 Å². The van der Waals surface area contributed by atoms with Crippen LogP contribution in [0.1, 0.15) is 35.1 Å². The Morgan fingerprint density at radius 2 is 1.41 bits per heavy atom. The summed E-state index contributed by atoms with van der Waals surface area (Å²) in [5, 5.41) is 0. The molecular weight excluding hydrogens is 276 g/mol. The summed E-state index contributed by atoms with van der Waals surface area (Å²) in [7, 11) is 0. The van der Waals surface area contributed by atoms with Crippen LogP contribution in [-0.2, 0) is 19.7 Å². The maximum Gasteiger partial charge on any atom is 0.318 e. The van der Waals surface area contributed by atoms with Crippen molar-refractivity contribution in [2.45, 2.75) is 18.3 Å². The van der Waals surface area contributed by atoms with Crippen molar-refractivity contribution < 1.29 is 14.3 Å². The van der Waals surface area contributed by atoms with E-state index in [9.17, 15) is 9.59 Å². The van der Waals surface area contributed by atoms with Gasteiger partial charge in [-0.15, -0.1) is 0 Å². The quantitative estimate of drug-likeness (QED) is 0.553. The van der Waals surface area contributed by atoms with Crippen LogP contribution in [0.5, 0.6) is 0 Å². The predicted octanol–water partition coefficient (Wildman–Crippen LogP) is 2.77. The Balaban J connectivity index is 1.94. The van der Waals surface area contributed by atoms with E-state index in [0.717, 1.165) is 22.3 Å². The van der Waals surface area contributed by atoms with Gasteiger partial charge in [-0.2, -0.15) is 0 Å². The van der Waals surface area contributed by atoms with E-state index in [1.807, 2.05) is 24.3 Å². The zero-order valence-corrected chi connectivity index (χ0v) is 12.1. The van der Waals surface area contributed by atoms with E-state index in [1.165, 1.54) is 0 Å². The SMILES string of the molecule is CC12c3ccccc3C(c3ccccc31)[C@H]1C(=O)OC(=O)[C@@H]12. The highest BCUT2D eigenvalue weighted by atomic mass is 16.6. The maximum atomic E-state index is 12.4. The van der Waals surface area contributed by atoms with Gasteiger partial charge in [0.1, 0.15) is 0 Å². The van der Waals surface area contributed by atoms with Crippen LogP contribution in [0.2, 0.25) is 0 Å². The average Bonchev–Trinajstić information content (AvgIpc) is 2.84. The van der Waals surface area contributed by atoms with Gasteiger partial charge < -0.3 is 4.74 Å². The van der Waals surface area contributed by atoms with Crippen molar-refractivity contribution in [1.29, 1.82) is 0 Å². The second-order valence-corrected chi connectivity index (χ2v) is 6.60. The fourth-order valence-corrected chi connectivity index (χ4v) is 4.95. The number of ether oxygens (including phenoxy) is 1. The third-order valence-electron chi connectivity index (χ3n) is 5.78. The molecule has 0 saturated carbocycles. The van der Waals surface area contributed by atoms with Crippen molar-refractivity contribution in [1.82, 2.24) is 0 Å². The summed E-state index contributed by atoms with van der Waals surface area (Å²) in [4.78, 5) is 24.7. The van der Waals surface area contributed by atoms with Crippen LogP contribution in [0.4, 0.5) is 0 Å². The van der Waals surface area contributed by atoms with Crippen molar-refractivity contribution in [2.75, 3.05) is 0 Å². The normalized spacial score (nSPS) is 34.0. The van der Waals surface area contributed by atoms with Crippen LogP contribution >= 0.6 is 0 Å². The fraction of sp³-hybridized carbons (Fsp3) is 0.263. The molecule has 0 unspecified atom stereocenters. The lowest BCUT2D eigenvalue weighted by molar-refractivity contribution is -0.154. The molecule has 1 saturated heterocycles. The monoisotopic (exact) mass is 290 g/mol. The molecule has 1 fully saturated rings. The van der Waals surface area contributed by atoms with E-state index in [1.54, 1.807) is 0 Å². The molecular formula is C19H14O3. The predicted molar refractivity (Wildman–Crippen MR) is 79.3 cm³/mol. The minimum atomic E-state index is -0.490. The van der Waals surface area contributed by atoms with Gasteiger partial charge in [0, 0.05) is 11.3 Å². The second-order valence-electron chi connectivity index (χ2n) is 6.60. The molecule has 0 spiro atoms. The van der Waals surface area contributed by atoms with E-state index >= 15 is 0 Å². The third-order valence-corrected chi connectivity index (χ3v) is 5.78. The first kappa shape index (κ1) is 12.2. The van der Waals surface area contributed by atoms with E-state index in [0.29, 0.717) is 0 Å². The molecule has 3 nitrogen and oxygen atoms in total. The molecule has 6 rings (SSSR count). The number of cyclic esters (lactones) is 2. The lowest BCUT2D eigenvalue weighted by Crippen LogP contribution is -2.51. The summed E-state index contributed by atoms with van der Waals surface area (Å²) >= 11 is 0. The Kier molecular flexibility index (Phi) is 2.03. The van der Waals surface area contributed by atoms with Crippen molar-refractivity contribution in [3.05, 3.63) is 70.8 Å². The van der Waals surface area contributed by atoms with Gasteiger partial charge in [-0.3, -0.25) is 9.59 Å². The minimum absolute atomic E-state index is 0.0711. The van der Waals surface area contributed by atoms with Crippen molar-refractivity contribution in [2.24, 2.45) is 11.8 Å². The summed E-state index contributed by atoms with van der Waals surface area (Å²) < 4.78 is 5.04. The fourth-order valence-electron chi connectivity index (χ4n) is 4.95. The molecule has 0 amide bonds.